The van der Waals surface area contributed by atoms with Crippen LogP contribution in [0.1, 0.15) is 31.1 Å². The second-order valence-electron chi connectivity index (χ2n) is 5.44. The molecule has 1 aromatic heterocycles. The Morgan fingerprint density at radius 1 is 1.45 bits per heavy atom. The second kappa shape index (κ2) is 7.02. The maximum Gasteiger partial charge on any atom is 0.252 e. The first-order valence-corrected chi connectivity index (χ1v) is 9.57. The van der Waals surface area contributed by atoms with E-state index in [2.05, 4.69) is 5.32 Å². The van der Waals surface area contributed by atoms with E-state index >= 15 is 0 Å². The molecule has 0 saturated carbocycles. The first kappa shape index (κ1) is 15.9. The zero-order valence-electron chi connectivity index (χ0n) is 12.3. The smallest absolute Gasteiger partial charge is 0.252 e. The highest BCUT2D eigenvalue weighted by atomic mass is 32.2. The number of aryl methyl sites for hydroxylation is 1. The van der Waals surface area contributed by atoms with Crippen LogP contribution in [0.25, 0.3) is 0 Å². The van der Waals surface area contributed by atoms with Gasteiger partial charge in [0.2, 0.25) is 0 Å². The number of nitrogens with zero attached hydrogens (tertiary/aromatic N) is 1. The number of hydrogen-bond donors (Lipinski definition) is 1. The van der Waals surface area contributed by atoms with Crippen LogP contribution in [-0.4, -0.2) is 38.9 Å². The van der Waals surface area contributed by atoms with Gasteiger partial charge in [-0.05, 0) is 57.3 Å². The number of nitrogens with one attached hydrogen (secondary N) is 1. The summed E-state index contributed by atoms with van der Waals surface area (Å²) in [4.78, 5) is 1.04. The molecule has 6 heteroatoms. The summed E-state index contributed by atoms with van der Waals surface area (Å²) >= 11 is 1.37. The predicted octanol–water partition coefficient (Wildman–Crippen LogP) is 2.46. The van der Waals surface area contributed by atoms with Crippen LogP contribution in [0.4, 0.5) is 0 Å². The molecule has 2 heterocycles. The van der Waals surface area contributed by atoms with Crippen LogP contribution in [0, 0.1) is 12.8 Å². The van der Waals surface area contributed by atoms with E-state index in [1.165, 1.54) is 11.3 Å². The van der Waals surface area contributed by atoms with E-state index < -0.39 is 10.0 Å². The molecule has 1 fully saturated rings. The highest BCUT2D eigenvalue weighted by Gasteiger charge is 2.28. The van der Waals surface area contributed by atoms with Crippen molar-refractivity contribution in [2.75, 3.05) is 26.2 Å². The van der Waals surface area contributed by atoms with E-state index in [1.54, 1.807) is 10.4 Å². The molecule has 1 aliphatic rings. The van der Waals surface area contributed by atoms with Crippen molar-refractivity contribution in [3.05, 3.63) is 17.0 Å². The molecule has 0 amide bonds. The van der Waals surface area contributed by atoms with Gasteiger partial charge < -0.3 is 5.32 Å². The molecule has 0 aromatic carbocycles. The van der Waals surface area contributed by atoms with Crippen molar-refractivity contribution in [1.29, 1.82) is 0 Å². The molecular weight excluding hydrogens is 292 g/mol. The van der Waals surface area contributed by atoms with Crippen molar-refractivity contribution >= 4 is 21.4 Å². The van der Waals surface area contributed by atoms with E-state index in [4.69, 9.17) is 0 Å². The van der Waals surface area contributed by atoms with E-state index in [-0.39, 0.29) is 0 Å². The Hall–Kier alpha value is -0.430. The van der Waals surface area contributed by atoms with Crippen LogP contribution >= 0.6 is 11.3 Å². The Labute approximate surface area is 126 Å². The molecule has 1 unspecified atom stereocenters. The van der Waals surface area contributed by atoms with Crippen molar-refractivity contribution in [2.45, 2.75) is 37.3 Å². The highest BCUT2D eigenvalue weighted by Crippen LogP contribution is 2.26. The summed E-state index contributed by atoms with van der Waals surface area (Å²) in [7, 11) is -3.32. The molecule has 0 aliphatic carbocycles. The van der Waals surface area contributed by atoms with E-state index in [0.717, 1.165) is 37.2 Å². The molecule has 1 atom stereocenters. The van der Waals surface area contributed by atoms with Crippen LogP contribution in [-0.2, 0) is 10.0 Å². The van der Waals surface area contributed by atoms with Gasteiger partial charge >= 0.3 is 0 Å². The predicted molar refractivity (Wildman–Crippen MR) is 83.7 cm³/mol. The average Bonchev–Trinajstić information content (AvgIpc) is 2.87. The van der Waals surface area contributed by atoms with Gasteiger partial charge in [-0.3, -0.25) is 0 Å². The van der Waals surface area contributed by atoms with Crippen LogP contribution in [0.5, 0.6) is 0 Å². The van der Waals surface area contributed by atoms with Crippen molar-refractivity contribution in [1.82, 2.24) is 9.62 Å². The Kier molecular flexibility index (Phi) is 5.60. The number of rotatable bonds is 6. The lowest BCUT2D eigenvalue weighted by atomic mass is 10.00. The van der Waals surface area contributed by atoms with Gasteiger partial charge in [0.05, 0.1) is 0 Å². The summed E-state index contributed by atoms with van der Waals surface area (Å²) in [6, 6.07) is 3.61. The zero-order chi connectivity index (χ0) is 14.6. The Bertz CT molecular complexity index is 519. The van der Waals surface area contributed by atoms with Crippen molar-refractivity contribution in [2.24, 2.45) is 5.92 Å². The third-order valence-electron chi connectivity index (χ3n) is 3.64. The Balaban J connectivity index is 2.14. The molecule has 0 radical (unpaired) electrons. The van der Waals surface area contributed by atoms with Crippen molar-refractivity contribution < 1.29 is 8.42 Å². The second-order valence-corrected chi connectivity index (χ2v) is 8.89. The van der Waals surface area contributed by atoms with Gasteiger partial charge in [0, 0.05) is 18.0 Å². The summed E-state index contributed by atoms with van der Waals surface area (Å²) in [5, 5.41) is 3.36. The first-order valence-electron chi connectivity index (χ1n) is 7.31. The lowest BCUT2D eigenvalue weighted by Crippen LogP contribution is -2.41. The molecule has 1 saturated heterocycles. The van der Waals surface area contributed by atoms with Crippen LogP contribution in [0.2, 0.25) is 0 Å². The van der Waals surface area contributed by atoms with Gasteiger partial charge in [-0.25, -0.2) is 8.42 Å². The lowest BCUT2D eigenvalue weighted by Gasteiger charge is -2.29. The average molecular weight is 316 g/mol. The molecule has 20 heavy (non-hydrogen) atoms. The number of thiophene rings is 1. The van der Waals surface area contributed by atoms with Crippen molar-refractivity contribution in [3.8, 4) is 0 Å². The molecule has 1 N–H and O–H groups in total. The number of piperidine rings is 1. The van der Waals surface area contributed by atoms with Gasteiger partial charge in [-0.2, -0.15) is 4.31 Å². The summed E-state index contributed by atoms with van der Waals surface area (Å²) in [5.74, 6) is 0.436. The van der Waals surface area contributed by atoms with Gasteiger partial charge in [0.1, 0.15) is 4.21 Å². The fraction of sp³-hybridized carbons (Fsp3) is 0.714. The highest BCUT2D eigenvalue weighted by molar-refractivity contribution is 7.91. The quantitative estimate of drug-likeness (QED) is 0.877. The van der Waals surface area contributed by atoms with Gasteiger partial charge in [-0.1, -0.05) is 6.92 Å². The summed E-state index contributed by atoms with van der Waals surface area (Å²) < 4.78 is 27.6. The third kappa shape index (κ3) is 3.81. The lowest BCUT2D eigenvalue weighted by molar-refractivity contribution is 0.292. The summed E-state index contributed by atoms with van der Waals surface area (Å²) in [6.45, 7) is 7.20. The number of hydrogen-bond acceptors (Lipinski definition) is 4. The monoisotopic (exact) mass is 316 g/mol. The normalized spacial score (nSPS) is 20.4. The zero-order valence-corrected chi connectivity index (χ0v) is 13.9. The maximum absolute atomic E-state index is 12.7. The largest absolute Gasteiger partial charge is 0.316 e. The molecule has 4 nitrogen and oxygen atoms in total. The summed E-state index contributed by atoms with van der Waals surface area (Å²) in [5.41, 5.74) is 0. The molecule has 1 aliphatic heterocycles. The fourth-order valence-electron chi connectivity index (χ4n) is 2.60. The molecule has 114 valence electrons. The standard InChI is InChI=1S/C14H24N2O2S2/c1-3-9-16(11-13-5-4-8-15-10-13)20(17,18)14-7-6-12(2)19-14/h6-7,13,15H,3-5,8-11H2,1-2H3. The Morgan fingerprint density at radius 3 is 2.80 bits per heavy atom. The maximum atomic E-state index is 12.7. The molecular formula is C14H24N2O2S2. The number of sulfonamides is 1. The molecule has 0 spiro atoms. The van der Waals surface area contributed by atoms with Crippen LogP contribution in [0.15, 0.2) is 16.3 Å². The van der Waals surface area contributed by atoms with Crippen molar-refractivity contribution in [3.63, 3.8) is 0 Å². The van der Waals surface area contributed by atoms with Gasteiger partial charge in [0.25, 0.3) is 10.0 Å². The summed E-state index contributed by atoms with van der Waals surface area (Å²) in [6.07, 6.45) is 3.11. The van der Waals surface area contributed by atoms with Crippen LogP contribution < -0.4 is 5.32 Å². The fourth-order valence-corrected chi connectivity index (χ4v) is 5.65. The molecule has 2 rings (SSSR count). The van der Waals surface area contributed by atoms with E-state index in [9.17, 15) is 8.42 Å². The van der Waals surface area contributed by atoms with E-state index in [0.29, 0.717) is 23.2 Å². The minimum atomic E-state index is -3.32. The SMILES string of the molecule is CCCN(CC1CCCNC1)S(=O)(=O)c1ccc(C)s1. The Morgan fingerprint density at radius 2 is 2.25 bits per heavy atom. The third-order valence-corrected chi connectivity index (χ3v) is 6.98. The van der Waals surface area contributed by atoms with Gasteiger partial charge in [-0.15, -0.1) is 11.3 Å². The first-order chi connectivity index (χ1) is 9.54. The minimum absolute atomic E-state index is 0.436. The topological polar surface area (TPSA) is 49.4 Å². The molecule has 1 aromatic rings. The molecule has 0 bridgehead atoms. The van der Waals surface area contributed by atoms with Gasteiger partial charge in [0.15, 0.2) is 0 Å². The van der Waals surface area contributed by atoms with Crippen LogP contribution in [0.3, 0.4) is 0 Å². The van der Waals surface area contributed by atoms with E-state index in [1.807, 2.05) is 19.9 Å². The minimum Gasteiger partial charge on any atom is -0.316 e.